The Labute approximate surface area is 169 Å². The molecule has 0 radical (unpaired) electrons. The summed E-state index contributed by atoms with van der Waals surface area (Å²) in [6, 6.07) is 13.6. The number of aromatic nitrogens is 3. The second-order valence-electron chi connectivity index (χ2n) is 6.43. The van der Waals surface area contributed by atoms with E-state index in [1.807, 2.05) is 48.7 Å². The third-order valence-electron chi connectivity index (χ3n) is 4.33. The quantitative estimate of drug-likeness (QED) is 0.602. The monoisotopic (exact) mass is 396 g/mol. The molecule has 6 nitrogen and oxygen atoms in total. The van der Waals surface area contributed by atoms with Gasteiger partial charge in [0.2, 0.25) is 5.91 Å². The number of thioether (sulfide) groups is 1. The van der Waals surface area contributed by atoms with Gasteiger partial charge in [0.25, 0.3) is 0 Å². The van der Waals surface area contributed by atoms with Crippen LogP contribution in [0.1, 0.15) is 23.9 Å². The van der Waals surface area contributed by atoms with Crippen LogP contribution < -0.4 is 10.1 Å². The van der Waals surface area contributed by atoms with Crippen molar-refractivity contribution in [2.24, 2.45) is 0 Å². The van der Waals surface area contributed by atoms with Crippen molar-refractivity contribution < 1.29 is 9.53 Å². The molecule has 28 heavy (non-hydrogen) atoms. The Morgan fingerprint density at radius 2 is 1.82 bits per heavy atom. The first-order chi connectivity index (χ1) is 13.5. The van der Waals surface area contributed by atoms with Gasteiger partial charge in [0, 0.05) is 11.4 Å². The molecule has 3 aromatic rings. The van der Waals surface area contributed by atoms with Crippen LogP contribution in [-0.4, -0.2) is 33.0 Å². The van der Waals surface area contributed by atoms with Gasteiger partial charge in [0.15, 0.2) is 5.16 Å². The van der Waals surface area contributed by atoms with Crippen molar-refractivity contribution in [1.29, 1.82) is 0 Å². The van der Waals surface area contributed by atoms with Gasteiger partial charge in [-0.05, 0) is 75.2 Å². The largest absolute Gasteiger partial charge is 0.494 e. The first kappa shape index (κ1) is 19.9. The summed E-state index contributed by atoms with van der Waals surface area (Å²) < 4.78 is 7.38. The molecule has 2 aromatic carbocycles. The summed E-state index contributed by atoms with van der Waals surface area (Å²) >= 11 is 1.36. The van der Waals surface area contributed by atoms with E-state index < -0.39 is 0 Å². The highest BCUT2D eigenvalue weighted by Crippen LogP contribution is 2.24. The maximum Gasteiger partial charge on any atom is 0.234 e. The molecule has 1 N–H and O–H groups in total. The van der Waals surface area contributed by atoms with E-state index in [2.05, 4.69) is 41.5 Å². The third-order valence-corrected chi connectivity index (χ3v) is 5.25. The topological polar surface area (TPSA) is 69.0 Å². The lowest BCUT2D eigenvalue weighted by Crippen LogP contribution is -2.14. The highest BCUT2D eigenvalue weighted by molar-refractivity contribution is 7.99. The summed E-state index contributed by atoms with van der Waals surface area (Å²) in [4.78, 5) is 12.3. The van der Waals surface area contributed by atoms with E-state index in [1.54, 1.807) is 0 Å². The molecule has 0 fully saturated rings. The fourth-order valence-corrected chi connectivity index (χ4v) is 3.52. The standard InChI is InChI=1S/C21H24N4O2S/c1-5-27-19-10-7-17(8-11-19)22-20(26)13-28-21-24-23-16(4)25(21)18-9-6-14(2)15(3)12-18/h6-12H,5,13H2,1-4H3,(H,22,26). The predicted octanol–water partition coefficient (Wildman–Crippen LogP) is 4.32. The molecule has 3 rings (SSSR count). The highest BCUT2D eigenvalue weighted by atomic mass is 32.2. The third kappa shape index (κ3) is 4.72. The maximum atomic E-state index is 12.3. The number of rotatable bonds is 7. The Bertz CT molecular complexity index is 967. The van der Waals surface area contributed by atoms with Gasteiger partial charge >= 0.3 is 0 Å². The number of aryl methyl sites for hydroxylation is 3. The fourth-order valence-electron chi connectivity index (χ4n) is 2.73. The number of amides is 1. The van der Waals surface area contributed by atoms with Crippen molar-refractivity contribution in [2.45, 2.75) is 32.9 Å². The lowest BCUT2D eigenvalue weighted by molar-refractivity contribution is -0.113. The molecule has 0 unspecified atom stereocenters. The second kappa shape index (κ2) is 8.93. The molecule has 0 saturated carbocycles. The Balaban J connectivity index is 1.66. The van der Waals surface area contributed by atoms with Crippen LogP contribution in [0.4, 0.5) is 5.69 Å². The van der Waals surface area contributed by atoms with E-state index in [0.29, 0.717) is 11.8 Å². The van der Waals surface area contributed by atoms with Crippen molar-refractivity contribution in [3.05, 3.63) is 59.4 Å². The van der Waals surface area contributed by atoms with Gasteiger partial charge in [-0.15, -0.1) is 10.2 Å². The minimum atomic E-state index is -0.0959. The number of ether oxygens (including phenoxy) is 1. The van der Waals surface area contributed by atoms with Crippen LogP contribution in [0.25, 0.3) is 5.69 Å². The average molecular weight is 397 g/mol. The molecule has 1 heterocycles. The number of nitrogens with zero attached hydrogens (tertiary/aromatic N) is 3. The zero-order valence-corrected chi connectivity index (χ0v) is 17.3. The minimum Gasteiger partial charge on any atom is -0.494 e. The number of anilines is 1. The smallest absolute Gasteiger partial charge is 0.234 e. The van der Waals surface area contributed by atoms with Gasteiger partial charge in [-0.1, -0.05) is 17.8 Å². The van der Waals surface area contributed by atoms with Gasteiger partial charge < -0.3 is 10.1 Å². The van der Waals surface area contributed by atoms with Crippen LogP contribution in [-0.2, 0) is 4.79 Å². The van der Waals surface area contributed by atoms with Gasteiger partial charge in [-0.2, -0.15) is 0 Å². The molecule has 1 amide bonds. The van der Waals surface area contributed by atoms with Crippen LogP contribution in [0.15, 0.2) is 47.6 Å². The zero-order chi connectivity index (χ0) is 20.1. The number of carbonyl (C=O) groups is 1. The predicted molar refractivity (Wildman–Crippen MR) is 113 cm³/mol. The van der Waals surface area contributed by atoms with Gasteiger partial charge in [0.05, 0.1) is 12.4 Å². The van der Waals surface area contributed by atoms with E-state index >= 15 is 0 Å². The molecule has 0 aliphatic carbocycles. The molecular formula is C21H24N4O2S. The van der Waals surface area contributed by atoms with Crippen molar-refractivity contribution in [3.63, 3.8) is 0 Å². The molecule has 146 valence electrons. The van der Waals surface area contributed by atoms with Crippen LogP contribution in [0, 0.1) is 20.8 Å². The van der Waals surface area contributed by atoms with Crippen LogP contribution in [0.3, 0.4) is 0 Å². The van der Waals surface area contributed by atoms with E-state index in [9.17, 15) is 4.79 Å². The molecule has 0 spiro atoms. The molecule has 0 atom stereocenters. The van der Waals surface area contributed by atoms with E-state index in [0.717, 1.165) is 22.9 Å². The van der Waals surface area contributed by atoms with Crippen molar-refractivity contribution in [2.75, 3.05) is 17.7 Å². The Morgan fingerprint density at radius 3 is 2.50 bits per heavy atom. The van der Waals surface area contributed by atoms with Crippen molar-refractivity contribution in [3.8, 4) is 11.4 Å². The van der Waals surface area contributed by atoms with Crippen molar-refractivity contribution >= 4 is 23.4 Å². The summed E-state index contributed by atoms with van der Waals surface area (Å²) in [7, 11) is 0. The molecule has 0 saturated heterocycles. The summed E-state index contributed by atoms with van der Waals surface area (Å²) in [6.07, 6.45) is 0. The fraction of sp³-hybridized carbons (Fsp3) is 0.286. The first-order valence-corrected chi connectivity index (χ1v) is 10.1. The molecule has 0 bridgehead atoms. The number of hydrogen-bond donors (Lipinski definition) is 1. The molecule has 1 aromatic heterocycles. The van der Waals surface area contributed by atoms with Crippen LogP contribution in [0.5, 0.6) is 5.75 Å². The first-order valence-electron chi connectivity index (χ1n) is 9.13. The Kier molecular flexibility index (Phi) is 6.36. The highest BCUT2D eigenvalue weighted by Gasteiger charge is 2.14. The lowest BCUT2D eigenvalue weighted by Gasteiger charge is -2.11. The van der Waals surface area contributed by atoms with Crippen molar-refractivity contribution in [1.82, 2.24) is 14.8 Å². The van der Waals surface area contributed by atoms with Gasteiger partial charge in [-0.3, -0.25) is 9.36 Å². The normalized spacial score (nSPS) is 10.7. The number of benzene rings is 2. The molecular weight excluding hydrogens is 372 g/mol. The number of nitrogens with one attached hydrogen (secondary N) is 1. The van der Waals surface area contributed by atoms with Gasteiger partial charge in [-0.25, -0.2) is 0 Å². The molecule has 7 heteroatoms. The summed E-state index contributed by atoms with van der Waals surface area (Å²) in [5, 5.41) is 12.0. The second-order valence-corrected chi connectivity index (χ2v) is 7.37. The lowest BCUT2D eigenvalue weighted by atomic mass is 10.1. The zero-order valence-electron chi connectivity index (χ0n) is 16.5. The minimum absolute atomic E-state index is 0.0959. The summed E-state index contributed by atoms with van der Waals surface area (Å²) in [5.41, 5.74) is 4.18. The Hall–Kier alpha value is -2.80. The Morgan fingerprint density at radius 1 is 1.07 bits per heavy atom. The maximum absolute atomic E-state index is 12.3. The summed E-state index contributed by atoms with van der Waals surface area (Å²) in [5.74, 6) is 1.72. The SMILES string of the molecule is CCOc1ccc(NC(=O)CSc2nnc(C)n2-c2ccc(C)c(C)c2)cc1. The van der Waals surface area contributed by atoms with Gasteiger partial charge in [0.1, 0.15) is 11.6 Å². The molecule has 0 aliphatic rings. The summed E-state index contributed by atoms with van der Waals surface area (Å²) in [6.45, 7) is 8.62. The van der Waals surface area contributed by atoms with E-state index in [4.69, 9.17) is 4.74 Å². The van der Waals surface area contributed by atoms with E-state index in [-0.39, 0.29) is 11.7 Å². The van der Waals surface area contributed by atoms with Crippen LogP contribution >= 0.6 is 11.8 Å². The van der Waals surface area contributed by atoms with Crippen LogP contribution in [0.2, 0.25) is 0 Å². The van der Waals surface area contributed by atoms with E-state index in [1.165, 1.54) is 22.9 Å². The number of carbonyl (C=O) groups excluding carboxylic acids is 1. The number of hydrogen-bond acceptors (Lipinski definition) is 5. The molecule has 0 aliphatic heterocycles. The average Bonchev–Trinajstić information content (AvgIpc) is 3.05.